The van der Waals surface area contributed by atoms with Crippen molar-refractivity contribution in [1.29, 1.82) is 0 Å². The monoisotopic (exact) mass is 405 g/mol. The van der Waals surface area contributed by atoms with E-state index in [9.17, 15) is 14.4 Å². The van der Waals surface area contributed by atoms with Gasteiger partial charge in [0.1, 0.15) is 17.1 Å². The van der Waals surface area contributed by atoms with Crippen LogP contribution in [0.15, 0.2) is 33.2 Å². The van der Waals surface area contributed by atoms with Gasteiger partial charge in [-0.2, -0.15) is 0 Å². The van der Waals surface area contributed by atoms with Crippen molar-refractivity contribution in [3.63, 3.8) is 0 Å². The third kappa shape index (κ3) is 2.93. The molecule has 130 valence electrons. The van der Waals surface area contributed by atoms with Crippen molar-refractivity contribution in [3.8, 4) is 0 Å². The second-order valence-electron chi connectivity index (χ2n) is 5.97. The largest absolute Gasteiger partial charge is 0.465 e. The number of aryl methyl sites for hydroxylation is 2. The van der Waals surface area contributed by atoms with E-state index in [0.717, 1.165) is 0 Å². The highest BCUT2D eigenvalue weighted by Crippen LogP contribution is 2.29. The molecule has 3 N–H and O–H groups in total. The standard InChI is InChI=1S/C17H16BrN3O4/c1-8-12(13(18)9(2)25-8)14(22)19-11-6-4-5-10(7-11)17(3)15(23)20-16(24)21-17/h4-7H,1-3H3,(H,19,22)(H2,20,21,23,24). The van der Waals surface area contributed by atoms with Crippen molar-refractivity contribution in [2.75, 3.05) is 5.32 Å². The van der Waals surface area contributed by atoms with Gasteiger partial charge >= 0.3 is 6.03 Å². The summed E-state index contributed by atoms with van der Waals surface area (Å²) < 4.78 is 6.05. The Balaban J connectivity index is 1.89. The summed E-state index contributed by atoms with van der Waals surface area (Å²) in [5.41, 5.74) is 0.303. The fraction of sp³-hybridized carbons (Fsp3) is 0.235. The molecule has 0 saturated carbocycles. The van der Waals surface area contributed by atoms with Crippen LogP contribution in [-0.4, -0.2) is 17.8 Å². The van der Waals surface area contributed by atoms with Gasteiger partial charge in [0.15, 0.2) is 0 Å². The molecule has 1 fully saturated rings. The number of carbonyl (C=O) groups excluding carboxylic acids is 3. The highest BCUT2D eigenvalue weighted by Gasteiger charge is 2.43. The van der Waals surface area contributed by atoms with E-state index in [1.54, 1.807) is 45.0 Å². The summed E-state index contributed by atoms with van der Waals surface area (Å²) in [6, 6.07) is 6.23. The number of urea groups is 1. The second kappa shape index (κ2) is 6.03. The topological polar surface area (TPSA) is 100 Å². The maximum atomic E-state index is 12.5. The lowest BCUT2D eigenvalue weighted by Gasteiger charge is -2.21. The minimum Gasteiger partial charge on any atom is -0.465 e. The Bertz CT molecular complexity index is 905. The van der Waals surface area contributed by atoms with Crippen molar-refractivity contribution in [2.45, 2.75) is 26.3 Å². The molecule has 2 aromatic rings. The van der Waals surface area contributed by atoms with Crippen LogP contribution in [0.4, 0.5) is 10.5 Å². The molecule has 3 rings (SSSR count). The number of nitrogens with one attached hydrogen (secondary N) is 3. The SMILES string of the molecule is Cc1oc(C)c(C(=O)Nc2cccc(C3(C)NC(=O)NC3=O)c2)c1Br. The molecule has 0 radical (unpaired) electrons. The number of hydrogen-bond acceptors (Lipinski definition) is 4. The van der Waals surface area contributed by atoms with Crippen molar-refractivity contribution in [3.05, 3.63) is 51.4 Å². The zero-order valence-electron chi connectivity index (χ0n) is 13.8. The van der Waals surface area contributed by atoms with Gasteiger partial charge in [-0.25, -0.2) is 4.79 Å². The Kier molecular flexibility index (Phi) is 4.16. The normalized spacial score (nSPS) is 19.5. The van der Waals surface area contributed by atoms with Crippen molar-refractivity contribution < 1.29 is 18.8 Å². The third-order valence-corrected chi connectivity index (χ3v) is 5.11. The summed E-state index contributed by atoms with van der Waals surface area (Å²) in [4.78, 5) is 36.0. The number of benzene rings is 1. The van der Waals surface area contributed by atoms with Crippen LogP contribution in [0, 0.1) is 13.8 Å². The summed E-state index contributed by atoms with van der Waals surface area (Å²) in [5, 5.41) is 7.60. The molecule has 7 nitrogen and oxygen atoms in total. The first-order valence-electron chi connectivity index (χ1n) is 7.53. The van der Waals surface area contributed by atoms with Gasteiger partial charge in [-0.05, 0) is 54.4 Å². The van der Waals surface area contributed by atoms with Crippen molar-refractivity contribution in [2.24, 2.45) is 0 Å². The van der Waals surface area contributed by atoms with Crippen LogP contribution < -0.4 is 16.0 Å². The Morgan fingerprint density at radius 2 is 1.96 bits per heavy atom. The molecule has 0 spiro atoms. The van der Waals surface area contributed by atoms with Crippen LogP contribution in [0.1, 0.15) is 34.4 Å². The molecule has 1 saturated heterocycles. The van der Waals surface area contributed by atoms with Crippen LogP contribution in [-0.2, 0) is 10.3 Å². The fourth-order valence-electron chi connectivity index (χ4n) is 2.76. The molecule has 1 aromatic carbocycles. The lowest BCUT2D eigenvalue weighted by molar-refractivity contribution is -0.123. The van der Waals surface area contributed by atoms with Gasteiger partial charge in [-0.15, -0.1) is 0 Å². The van der Waals surface area contributed by atoms with Crippen molar-refractivity contribution in [1.82, 2.24) is 10.6 Å². The first-order valence-corrected chi connectivity index (χ1v) is 8.32. The molecule has 1 aromatic heterocycles. The Labute approximate surface area is 152 Å². The first kappa shape index (κ1) is 17.2. The predicted octanol–water partition coefficient (Wildman–Crippen LogP) is 2.97. The van der Waals surface area contributed by atoms with E-state index >= 15 is 0 Å². The van der Waals surface area contributed by atoms with Gasteiger partial charge in [0.05, 0.1) is 10.0 Å². The molecule has 2 heterocycles. The second-order valence-corrected chi connectivity index (χ2v) is 6.76. The molecule has 4 amide bonds. The van der Waals surface area contributed by atoms with E-state index in [1.807, 2.05) is 0 Å². The van der Waals surface area contributed by atoms with Gasteiger partial charge < -0.3 is 15.1 Å². The summed E-state index contributed by atoms with van der Waals surface area (Å²) in [6.45, 7) is 5.08. The average molecular weight is 406 g/mol. The van der Waals surface area contributed by atoms with Crippen LogP contribution in [0.3, 0.4) is 0 Å². The Morgan fingerprint density at radius 1 is 1.24 bits per heavy atom. The molecule has 0 aliphatic carbocycles. The van der Waals surface area contributed by atoms with Gasteiger partial charge in [-0.1, -0.05) is 12.1 Å². The van der Waals surface area contributed by atoms with Crippen LogP contribution in [0.5, 0.6) is 0 Å². The molecule has 1 aliphatic heterocycles. The predicted molar refractivity (Wildman–Crippen MR) is 94.3 cm³/mol. The number of anilines is 1. The lowest BCUT2D eigenvalue weighted by Crippen LogP contribution is -2.40. The average Bonchev–Trinajstić information content (AvgIpc) is 2.95. The van der Waals surface area contributed by atoms with E-state index < -0.39 is 17.5 Å². The lowest BCUT2D eigenvalue weighted by atomic mass is 9.92. The van der Waals surface area contributed by atoms with Crippen LogP contribution in [0.25, 0.3) is 0 Å². The zero-order chi connectivity index (χ0) is 18.4. The van der Waals surface area contributed by atoms with Crippen molar-refractivity contribution >= 4 is 39.5 Å². The minimum absolute atomic E-state index is 0.330. The molecular weight excluding hydrogens is 390 g/mol. The number of rotatable bonds is 3. The molecule has 1 aliphatic rings. The summed E-state index contributed by atoms with van der Waals surface area (Å²) in [6.07, 6.45) is 0. The van der Waals surface area contributed by atoms with E-state index in [2.05, 4.69) is 31.9 Å². The maximum Gasteiger partial charge on any atom is 0.322 e. The Morgan fingerprint density at radius 3 is 2.52 bits per heavy atom. The van der Waals surface area contributed by atoms with E-state index in [0.29, 0.717) is 32.8 Å². The highest BCUT2D eigenvalue weighted by molar-refractivity contribution is 9.10. The molecule has 8 heteroatoms. The minimum atomic E-state index is -1.18. The smallest absolute Gasteiger partial charge is 0.322 e. The third-order valence-electron chi connectivity index (χ3n) is 4.16. The summed E-state index contributed by atoms with van der Waals surface area (Å²) in [7, 11) is 0. The number of halogens is 1. The van der Waals surface area contributed by atoms with E-state index in [4.69, 9.17) is 4.42 Å². The zero-order valence-corrected chi connectivity index (χ0v) is 15.4. The quantitative estimate of drug-likeness (QED) is 0.683. The molecular formula is C17H16BrN3O4. The van der Waals surface area contributed by atoms with Crippen LogP contribution in [0.2, 0.25) is 0 Å². The van der Waals surface area contributed by atoms with E-state index in [-0.39, 0.29) is 5.91 Å². The van der Waals surface area contributed by atoms with Gasteiger partial charge in [0.2, 0.25) is 0 Å². The maximum absolute atomic E-state index is 12.5. The number of furan rings is 1. The number of carbonyl (C=O) groups is 3. The fourth-order valence-corrected chi connectivity index (χ4v) is 3.30. The number of imide groups is 1. The number of hydrogen-bond donors (Lipinski definition) is 3. The van der Waals surface area contributed by atoms with E-state index in [1.165, 1.54) is 0 Å². The number of amides is 4. The van der Waals surface area contributed by atoms with Gasteiger partial charge in [0.25, 0.3) is 11.8 Å². The Hall–Kier alpha value is -2.61. The highest BCUT2D eigenvalue weighted by atomic mass is 79.9. The molecule has 1 unspecified atom stereocenters. The summed E-state index contributed by atoms with van der Waals surface area (Å²) in [5.74, 6) is 0.357. The molecule has 1 atom stereocenters. The van der Waals surface area contributed by atoms with Crippen LogP contribution >= 0.6 is 15.9 Å². The molecule has 25 heavy (non-hydrogen) atoms. The van der Waals surface area contributed by atoms with Gasteiger partial charge in [0, 0.05) is 5.69 Å². The summed E-state index contributed by atoms with van der Waals surface area (Å²) >= 11 is 3.35. The first-order chi connectivity index (χ1) is 11.7. The van der Waals surface area contributed by atoms with Gasteiger partial charge in [-0.3, -0.25) is 14.9 Å². The molecule has 0 bridgehead atoms.